The lowest BCUT2D eigenvalue weighted by molar-refractivity contribution is 0.241. The van der Waals surface area contributed by atoms with Gasteiger partial charge in [-0.2, -0.15) is 0 Å². The highest BCUT2D eigenvalue weighted by Crippen LogP contribution is 2.49. The lowest BCUT2D eigenvalue weighted by atomic mass is 9.88. The molecule has 0 saturated heterocycles. The monoisotopic (exact) mass is 439 g/mol. The summed E-state index contributed by atoms with van der Waals surface area (Å²) in [5.74, 6) is 2.12. The van der Waals surface area contributed by atoms with Gasteiger partial charge in [-0.3, -0.25) is 4.72 Å². The normalized spacial score (nSPS) is 14.9. The molecule has 3 aromatic carbocycles. The van der Waals surface area contributed by atoms with Gasteiger partial charge in [0.25, 0.3) is 0 Å². The van der Waals surface area contributed by atoms with Crippen molar-refractivity contribution in [3.63, 3.8) is 0 Å². The summed E-state index contributed by atoms with van der Waals surface area (Å²) in [5, 5.41) is -0.546. The van der Waals surface area contributed by atoms with Crippen molar-refractivity contribution in [2.45, 2.75) is 25.2 Å². The molecule has 0 aromatic heterocycles. The Morgan fingerprint density at radius 3 is 2.45 bits per heavy atom. The third-order valence-electron chi connectivity index (χ3n) is 5.33. The van der Waals surface area contributed by atoms with Gasteiger partial charge in [-0.1, -0.05) is 24.3 Å². The zero-order valence-corrected chi connectivity index (χ0v) is 18.7. The summed E-state index contributed by atoms with van der Waals surface area (Å²) in [6, 6.07) is 18.8. The second kappa shape index (κ2) is 8.15. The van der Waals surface area contributed by atoms with Crippen molar-refractivity contribution in [2.24, 2.45) is 0 Å². The predicted octanol–water partition coefficient (Wildman–Crippen LogP) is 5.00. The summed E-state index contributed by atoms with van der Waals surface area (Å²) in [6.45, 7) is 3.29. The Morgan fingerprint density at radius 2 is 1.74 bits per heavy atom. The van der Waals surface area contributed by atoms with Crippen LogP contribution in [0.1, 0.15) is 31.1 Å². The van der Waals surface area contributed by atoms with E-state index in [9.17, 15) is 8.42 Å². The number of sulfonamides is 1. The van der Waals surface area contributed by atoms with E-state index < -0.39 is 21.4 Å². The molecule has 4 rings (SSSR count). The van der Waals surface area contributed by atoms with Gasteiger partial charge >= 0.3 is 0 Å². The summed E-state index contributed by atoms with van der Waals surface area (Å²) in [5.41, 5.74) is 4.01. The predicted molar refractivity (Wildman–Crippen MR) is 122 cm³/mol. The van der Waals surface area contributed by atoms with Crippen LogP contribution in [-0.4, -0.2) is 27.9 Å². The van der Waals surface area contributed by atoms with Crippen LogP contribution in [0.15, 0.2) is 60.7 Å². The van der Waals surface area contributed by atoms with Crippen molar-refractivity contribution < 1.29 is 22.6 Å². The van der Waals surface area contributed by atoms with Crippen molar-refractivity contribution in [1.82, 2.24) is 0 Å². The minimum atomic E-state index is -3.48. The lowest BCUT2D eigenvalue weighted by Crippen LogP contribution is -2.23. The number of ether oxygens (including phenoxy) is 3. The maximum atomic E-state index is 12.4. The summed E-state index contributed by atoms with van der Waals surface area (Å²) < 4.78 is 44.9. The van der Waals surface area contributed by atoms with Crippen LogP contribution in [0, 0.1) is 0 Å². The third-order valence-corrected chi connectivity index (χ3v) is 7.09. The molecule has 0 fully saturated rings. The topological polar surface area (TPSA) is 73.9 Å². The Balaban J connectivity index is 1.89. The molecule has 162 valence electrons. The number of anilines is 1. The molecule has 0 radical (unpaired) electrons. The largest absolute Gasteiger partial charge is 0.497 e. The van der Waals surface area contributed by atoms with Crippen LogP contribution in [0.5, 0.6) is 17.2 Å². The summed E-state index contributed by atoms with van der Waals surface area (Å²) in [7, 11) is -0.241. The molecule has 1 heterocycles. The summed E-state index contributed by atoms with van der Waals surface area (Å²) in [6.07, 6.45) is -0.437. The van der Waals surface area contributed by atoms with E-state index in [1.54, 1.807) is 34.1 Å². The standard InChI is InChI=1S/C24H25NO5S/c1-15(2)31(26,27)25-17-11-12-19-20(14-17)24(16-7-5-8-18(13-16)28-3)30-22-10-6-9-21(29-4)23(19)22/h5-15,24-25H,1-4H3. The fraction of sp³-hybridized carbons (Fsp3) is 0.250. The van der Waals surface area contributed by atoms with Gasteiger partial charge < -0.3 is 14.2 Å². The molecule has 1 N–H and O–H groups in total. The average molecular weight is 440 g/mol. The van der Waals surface area contributed by atoms with Crippen LogP contribution >= 0.6 is 0 Å². The molecule has 3 aromatic rings. The molecule has 0 aliphatic carbocycles. The minimum Gasteiger partial charge on any atom is -0.497 e. The molecular formula is C24H25NO5S. The molecule has 31 heavy (non-hydrogen) atoms. The van der Waals surface area contributed by atoms with Gasteiger partial charge in [-0.15, -0.1) is 0 Å². The number of hydrogen-bond donors (Lipinski definition) is 1. The summed E-state index contributed by atoms with van der Waals surface area (Å²) >= 11 is 0. The zero-order chi connectivity index (χ0) is 22.2. The number of nitrogens with one attached hydrogen (secondary N) is 1. The van der Waals surface area contributed by atoms with Gasteiger partial charge in [0.15, 0.2) is 0 Å². The number of hydrogen-bond acceptors (Lipinski definition) is 5. The highest BCUT2D eigenvalue weighted by molar-refractivity contribution is 7.93. The average Bonchev–Trinajstić information content (AvgIpc) is 2.77. The Hall–Kier alpha value is -3.19. The van der Waals surface area contributed by atoms with E-state index in [-0.39, 0.29) is 0 Å². The fourth-order valence-corrected chi connectivity index (χ4v) is 4.33. The molecule has 1 aliphatic rings. The van der Waals surface area contributed by atoms with Gasteiger partial charge in [-0.05, 0) is 55.8 Å². The molecule has 7 heteroatoms. The molecule has 0 saturated carbocycles. The Bertz CT molecular complexity index is 1220. The minimum absolute atomic E-state index is 0.437. The maximum absolute atomic E-state index is 12.4. The SMILES string of the molecule is COc1cccc(C2Oc3cccc(OC)c3-c3ccc(NS(=O)(=O)C(C)C)cc32)c1. The van der Waals surface area contributed by atoms with E-state index in [4.69, 9.17) is 14.2 Å². The van der Waals surface area contributed by atoms with Crippen molar-refractivity contribution in [1.29, 1.82) is 0 Å². The second-order valence-electron chi connectivity index (χ2n) is 7.61. The van der Waals surface area contributed by atoms with Crippen LogP contribution in [0.2, 0.25) is 0 Å². The zero-order valence-electron chi connectivity index (χ0n) is 17.9. The molecule has 6 nitrogen and oxygen atoms in total. The Morgan fingerprint density at radius 1 is 0.968 bits per heavy atom. The summed E-state index contributed by atoms with van der Waals surface area (Å²) in [4.78, 5) is 0. The van der Waals surface area contributed by atoms with E-state index >= 15 is 0 Å². The smallest absolute Gasteiger partial charge is 0.235 e. The highest BCUT2D eigenvalue weighted by Gasteiger charge is 2.30. The van der Waals surface area contributed by atoms with Crippen LogP contribution < -0.4 is 18.9 Å². The first-order valence-corrected chi connectivity index (χ1v) is 11.5. The van der Waals surface area contributed by atoms with Gasteiger partial charge in [0.1, 0.15) is 23.4 Å². The van der Waals surface area contributed by atoms with E-state index in [0.717, 1.165) is 28.0 Å². The maximum Gasteiger partial charge on any atom is 0.235 e. The van der Waals surface area contributed by atoms with Gasteiger partial charge in [0, 0.05) is 16.8 Å². The fourth-order valence-electron chi connectivity index (χ4n) is 3.64. The van der Waals surface area contributed by atoms with Crippen LogP contribution in [0.4, 0.5) is 5.69 Å². The first kappa shape index (κ1) is 21.1. The van der Waals surface area contributed by atoms with Gasteiger partial charge in [-0.25, -0.2) is 8.42 Å². The quantitative estimate of drug-likeness (QED) is 0.585. The Labute approximate surface area is 182 Å². The molecule has 1 unspecified atom stereocenters. The molecule has 1 aliphatic heterocycles. The Kier molecular flexibility index (Phi) is 5.54. The first-order valence-electron chi connectivity index (χ1n) is 9.97. The number of fused-ring (bicyclic) bond motifs is 3. The number of benzene rings is 3. The van der Waals surface area contributed by atoms with Gasteiger partial charge in [0.2, 0.25) is 10.0 Å². The van der Waals surface area contributed by atoms with E-state index in [0.29, 0.717) is 17.2 Å². The van der Waals surface area contributed by atoms with Crippen LogP contribution in [0.3, 0.4) is 0 Å². The lowest BCUT2D eigenvalue weighted by Gasteiger charge is -2.30. The van der Waals surface area contributed by atoms with Crippen molar-refractivity contribution in [3.05, 3.63) is 71.8 Å². The van der Waals surface area contributed by atoms with Gasteiger partial charge in [0.05, 0.1) is 25.0 Å². The molecule has 1 atom stereocenters. The highest BCUT2D eigenvalue weighted by atomic mass is 32.2. The molecular weight excluding hydrogens is 414 g/mol. The second-order valence-corrected chi connectivity index (χ2v) is 9.84. The van der Waals surface area contributed by atoms with Crippen molar-refractivity contribution >= 4 is 15.7 Å². The number of methoxy groups -OCH3 is 2. The number of rotatable bonds is 6. The van der Waals surface area contributed by atoms with Crippen LogP contribution in [-0.2, 0) is 10.0 Å². The molecule has 0 bridgehead atoms. The third kappa shape index (κ3) is 3.93. The van der Waals surface area contributed by atoms with E-state index in [1.807, 2.05) is 54.6 Å². The molecule has 0 amide bonds. The van der Waals surface area contributed by atoms with Crippen molar-refractivity contribution in [3.8, 4) is 28.4 Å². The van der Waals surface area contributed by atoms with E-state index in [2.05, 4.69) is 4.72 Å². The van der Waals surface area contributed by atoms with Crippen LogP contribution in [0.25, 0.3) is 11.1 Å². The first-order chi connectivity index (χ1) is 14.8. The van der Waals surface area contributed by atoms with E-state index in [1.165, 1.54) is 0 Å². The molecule has 0 spiro atoms. The van der Waals surface area contributed by atoms with Crippen molar-refractivity contribution in [2.75, 3.05) is 18.9 Å².